The highest BCUT2D eigenvalue weighted by molar-refractivity contribution is 7.10. The van der Waals surface area contributed by atoms with Gasteiger partial charge < -0.3 is 10.1 Å². The molecule has 0 amide bonds. The predicted octanol–water partition coefficient (Wildman–Crippen LogP) is 4.16. The van der Waals surface area contributed by atoms with Crippen molar-refractivity contribution in [3.8, 4) is 11.1 Å². The maximum absolute atomic E-state index is 5.64. The molecule has 1 aliphatic rings. The molecule has 0 radical (unpaired) electrons. The first-order chi connectivity index (χ1) is 13.8. The standard InChI is InChI=1S/C23H27N3OS/c1-27-21(22-8-5-13-28-22)16-24-14-20-15-25-26-23(20)19-11-9-18(10-12-19)17-6-3-2-4-7-17/h2-13,20-21,23-26H,14-16H2,1H3. The third kappa shape index (κ3) is 4.51. The summed E-state index contributed by atoms with van der Waals surface area (Å²) in [6, 6.07) is 23.9. The van der Waals surface area contributed by atoms with Crippen molar-refractivity contribution >= 4 is 11.3 Å². The largest absolute Gasteiger partial charge is 0.375 e. The van der Waals surface area contributed by atoms with Gasteiger partial charge >= 0.3 is 0 Å². The maximum atomic E-state index is 5.64. The van der Waals surface area contributed by atoms with Crippen LogP contribution in [0.4, 0.5) is 0 Å². The minimum Gasteiger partial charge on any atom is -0.375 e. The van der Waals surface area contributed by atoms with E-state index in [1.165, 1.54) is 21.6 Å². The molecular formula is C23H27N3OS. The maximum Gasteiger partial charge on any atom is 0.104 e. The van der Waals surface area contributed by atoms with Gasteiger partial charge in [-0.25, -0.2) is 5.43 Å². The highest BCUT2D eigenvalue weighted by Crippen LogP contribution is 2.28. The number of hydrazine groups is 1. The highest BCUT2D eigenvalue weighted by Gasteiger charge is 2.28. The minimum atomic E-state index is 0.117. The average Bonchev–Trinajstić information content (AvgIpc) is 3.44. The summed E-state index contributed by atoms with van der Waals surface area (Å²) in [5, 5.41) is 5.70. The Hall–Kier alpha value is -2.02. The molecular weight excluding hydrogens is 366 g/mol. The Bertz CT molecular complexity index is 836. The van der Waals surface area contributed by atoms with Crippen LogP contribution in [0.15, 0.2) is 72.1 Å². The summed E-state index contributed by atoms with van der Waals surface area (Å²) in [7, 11) is 1.78. The number of hydrogen-bond acceptors (Lipinski definition) is 5. The van der Waals surface area contributed by atoms with E-state index < -0.39 is 0 Å². The Morgan fingerprint density at radius 2 is 1.82 bits per heavy atom. The zero-order valence-corrected chi connectivity index (χ0v) is 16.9. The number of benzene rings is 2. The molecule has 4 rings (SSSR count). The van der Waals surface area contributed by atoms with E-state index in [4.69, 9.17) is 4.74 Å². The number of methoxy groups -OCH3 is 1. The van der Waals surface area contributed by atoms with Crippen LogP contribution < -0.4 is 16.2 Å². The van der Waals surface area contributed by atoms with Crippen molar-refractivity contribution in [3.05, 3.63) is 82.6 Å². The third-order valence-electron chi connectivity index (χ3n) is 5.35. The van der Waals surface area contributed by atoms with E-state index in [0.29, 0.717) is 12.0 Å². The van der Waals surface area contributed by atoms with Gasteiger partial charge in [-0.15, -0.1) is 11.3 Å². The molecule has 5 heteroatoms. The van der Waals surface area contributed by atoms with Gasteiger partial charge in [0.2, 0.25) is 0 Å². The lowest BCUT2D eigenvalue weighted by Gasteiger charge is -2.21. The molecule has 2 aromatic carbocycles. The van der Waals surface area contributed by atoms with Gasteiger partial charge in [-0.1, -0.05) is 60.7 Å². The van der Waals surface area contributed by atoms with Gasteiger partial charge in [0.25, 0.3) is 0 Å². The van der Waals surface area contributed by atoms with E-state index in [9.17, 15) is 0 Å². The molecule has 146 valence electrons. The lowest BCUT2D eigenvalue weighted by atomic mass is 9.93. The van der Waals surface area contributed by atoms with E-state index in [0.717, 1.165) is 19.6 Å². The first-order valence-electron chi connectivity index (χ1n) is 9.76. The number of hydrogen-bond donors (Lipinski definition) is 3. The Morgan fingerprint density at radius 1 is 1.04 bits per heavy atom. The van der Waals surface area contributed by atoms with Crippen LogP contribution >= 0.6 is 11.3 Å². The molecule has 0 saturated carbocycles. The molecule has 3 N–H and O–H groups in total. The molecule has 2 heterocycles. The average molecular weight is 394 g/mol. The molecule has 1 aliphatic heterocycles. The summed E-state index contributed by atoms with van der Waals surface area (Å²) in [5.41, 5.74) is 10.6. The van der Waals surface area contributed by atoms with Crippen LogP contribution in [0.2, 0.25) is 0 Å². The van der Waals surface area contributed by atoms with Gasteiger partial charge in [0.05, 0.1) is 6.04 Å². The number of nitrogens with one attached hydrogen (secondary N) is 3. The first kappa shape index (κ1) is 19.3. The summed E-state index contributed by atoms with van der Waals surface area (Å²) >= 11 is 1.75. The smallest absolute Gasteiger partial charge is 0.104 e. The first-order valence-corrected chi connectivity index (χ1v) is 10.6. The Morgan fingerprint density at radius 3 is 2.54 bits per heavy atom. The summed E-state index contributed by atoms with van der Waals surface area (Å²) in [6.07, 6.45) is 0.117. The lowest BCUT2D eigenvalue weighted by Crippen LogP contribution is -2.31. The zero-order valence-electron chi connectivity index (χ0n) is 16.1. The lowest BCUT2D eigenvalue weighted by molar-refractivity contribution is 0.104. The Balaban J connectivity index is 1.35. The van der Waals surface area contributed by atoms with Crippen LogP contribution in [0.5, 0.6) is 0 Å². The Labute approximate surface area is 170 Å². The van der Waals surface area contributed by atoms with Gasteiger partial charge in [-0.2, -0.15) is 0 Å². The number of thiophene rings is 1. The van der Waals surface area contributed by atoms with Crippen molar-refractivity contribution in [1.29, 1.82) is 0 Å². The van der Waals surface area contributed by atoms with Crippen molar-refractivity contribution in [2.24, 2.45) is 5.92 Å². The third-order valence-corrected chi connectivity index (χ3v) is 6.32. The number of ether oxygens (including phenoxy) is 1. The van der Waals surface area contributed by atoms with Crippen LogP contribution in [0.1, 0.15) is 22.6 Å². The van der Waals surface area contributed by atoms with Crippen molar-refractivity contribution < 1.29 is 4.74 Å². The molecule has 0 spiro atoms. The fraction of sp³-hybridized carbons (Fsp3) is 0.304. The predicted molar refractivity (Wildman–Crippen MR) is 116 cm³/mol. The minimum absolute atomic E-state index is 0.117. The quantitative estimate of drug-likeness (QED) is 0.538. The molecule has 0 aliphatic carbocycles. The monoisotopic (exact) mass is 393 g/mol. The van der Waals surface area contributed by atoms with Crippen LogP contribution in [0.25, 0.3) is 11.1 Å². The van der Waals surface area contributed by atoms with Crippen molar-refractivity contribution in [2.45, 2.75) is 12.1 Å². The van der Waals surface area contributed by atoms with Gasteiger partial charge in [0, 0.05) is 37.5 Å². The van der Waals surface area contributed by atoms with Gasteiger partial charge in [0.1, 0.15) is 6.10 Å². The van der Waals surface area contributed by atoms with Crippen molar-refractivity contribution in [1.82, 2.24) is 16.2 Å². The summed E-state index contributed by atoms with van der Waals surface area (Å²) in [5.74, 6) is 0.489. The number of rotatable bonds is 8. The van der Waals surface area contributed by atoms with E-state index >= 15 is 0 Å². The fourth-order valence-corrected chi connectivity index (χ4v) is 4.57. The topological polar surface area (TPSA) is 45.3 Å². The van der Waals surface area contributed by atoms with Crippen molar-refractivity contribution in [3.63, 3.8) is 0 Å². The van der Waals surface area contributed by atoms with Crippen LogP contribution in [0.3, 0.4) is 0 Å². The molecule has 3 unspecified atom stereocenters. The highest BCUT2D eigenvalue weighted by atomic mass is 32.1. The second kappa shape index (κ2) is 9.45. The molecule has 1 aromatic heterocycles. The SMILES string of the molecule is COC(CNCC1CNNC1c1ccc(-c2ccccc2)cc1)c1cccs1. The summed E-state index contributed by atoms with van der Waals surface area (Å²) < 4.78 is 5.64. The second-order valence-corrected chi connectivity index (χ2v) is 8.13. The van der Waals surface area contributed by atoms with E-state index in [1.807, 2.05) is 0 Å². The van der Waals surface area contributed by atoms with Crippen LogP contribution in [-0.4, -0.2) is 26.7 Å². The van der Waals surface area contributed by atoms with E-state index in [1.54, 1.807) is 18.4 Å². The molecule has 3 aromatic rings. The second-order valence-electron chi connectivity index (χ2n) is 7.15. The summed E-state index contributed by atoms with van der Waals surface area (Å²) in [6.45, 7) is 2.72. The van der Waals surface area contributed by atoms with Gasteiger partial charge in [-0.3, -0.25) is 5.43 Å². The molecule has 1 saturated heterocycles. The normalized spacial score (nSPS) is 20.3. The summed E-state index contributed by atoms with van der Waals surface area (Å²) in [4.78, 5) is 1.27. The van der Waals surface area contributed by atoms with Gasteiger partial charge in [0.15, 0.2) is 0 Å². The molecule has 1 fully saturated rings. The molecule has 0 bridgehead atoms. The fourth-order valence-electron chi connectivity index (χ4n) is 3.77. The van der Waals surface area contributed by atoms with E-state index in [-0.39, 0.29) is 6.10 Å². The zero-order chi connectivity index (χ0) is 19.2. The molecule has 4 nitrogen and oxygen atoms in total. The molecule has 28 heavy (non-hydrogen) atoms. The van der Waals surface area contributed by atoms with E-state index in [2.05, 4.69) is 88.3 Å². The van der Waals surface area contributed by atoms with Crippen LogP contribution in [0, 0.1) is 5.92 Å². The van der Waals surface area contributed by atoms with Crippen LogP contribution in [-0.2, 0) is 4.74 Å². The Kier molecular flexibility index (Phi) is 6.52. The molecule has 3 atom stereocenters. The van der Waals surface area contributed by atoms with Crippen molar-refractivity contribution in [2.75, 3.05) is 26.7 Å². The van der Waals surface area contributed by atoms with Gasteiger partial charge in [-0.05, 0) is 28.1 Å².